The van der Waals surface area contributed by atoms with Crippen molar-refractivity contribution < 1.29 is 9.59 Å². The number of carbonyl (C=O) groups excluding carboxylic acids is 2. The van der Waals surface area contributed by atoms with Crippen LogP contribution in [0.25, 0.3) is 22.4 Å². The van der Waals surface area contributed by atoms with Crippen LogP contribution >= 0.6 is 11.6 Å². The molecule has 2 amide bonds. The van der Waals surface area contributed by atoms with E-state index in [9.17, 15) is 9.59 Å². The molecule has 5 N–H and O–H groups in total. The molecule has 0 radical (unpaired) electrons. The first-order valence-electron chi connectivity index (χ1n) is 12.8. The van der Waals surface area contributed by atoms with Gasteiger partial charge < -0.3 is 20.9 Å². The van der Waals surface area contributed by atoms with Crippen LogP contribution in [-0.4, -0.2) is 70.5 Å². The second-order valence-electron chi connectivity index (χ2n) is 9.52. The smallest absolute Gasteiger partial charge is 0.268 e. The van der Waals surface area contributed by atoms with Crippen LogP contribution in [-0.2, 0) is 11.3 Å². The SMILES string of the molecule is CCN(C)C(=O)CN(C)Cc1ccc(-c2cn[nH]c2-c2c[nH]c(C(=O)NC(CN)c3ccccc3)c2)cc1Cl. The standard InChI is InChI=1S/C29H34ClN7O2/c1-4-37(3)27(38)18-36(2)17-21-11-10-20(12-24(21)30)23-16-33-35-28(23)22-13-25(32-15-22)29(39)34-26(14-31)19-8-6-5-7-9-19/h5-13,15-16,26,32H,4,14,17-18,31H2,1-3H3,(H,33,35)(H,34,39). The normalized spacial score (nSPS) is 11.9. The fourth-order valence-corrected chi connectivity index (χ4v) is 4.55. The number of likely N-dealkylation sites (N-methyl/N-ethyl adjacent to an activating group) is 2. The summed E-state index contributed by atoms with van der Waals surface area (Å²) < 4.78 is 0. The minimum atomic E-state index is -0.293. The van der Waals surface area contributed by atoms with E-state index in [0.717, 1.165) is 33.5 Å². The molecule has 2 aromatic carbocycles. The van der Waals surface area contributed by atoms with Crippen molar-refractivity contribution in [1.82, 2.24) is 30.3 Å². The van der Waals surface area contributed by atoms with E-state index in [1.54, 1.807) is 30.4 Å². The number of aromatic amines is 2. The molecule has 1 atom stereocenters. The lowest BCUT2D eigenvalue weighted by Crippen LogP contribution is -2.36. The number of benzene rings is 2. The first-order valence-corrected chi connectivity index (χ1v) is 13.2. The number of hydrogen-bond donors (Lipinski definition) is 4. The van der Waals surface area contributed by atoms with E-state index in [1.807, 2.05) is 67.4 Å². The summed E-state index contributed by atoms with van der Waals surface area (Å²) in [5.41, 5.74) is 11.5. The molecular formula is C29H34ClN7O2. The van der Waals surface area contributed by atoms with Crippen LogP contribution in [0.2, 0.25) is 5.02 Å². The molecule has 0 aliphatic rings. The molecule has 0 saturated carbocycles. The quantitative estimate of drug-likeness (QED) is 0.225. The molecule has 9 nitrogen and oxygen atoms in total. The van der Waals surface area contributed by atoms with E-state index < -0.39 is 0 Å². The van der Waals surface area contributed by atoms with Crippen LogP contribution in [0.15, 0.2) is 67.0 Å². The Kier molecular flexibility index (Phi) is 9.19. The van der Waals surface area contributed by atoms with Crippen molar-refractivity contribution in [2.45, 2.75) is 19.5 Å². The Morgan fingerprint density at radius 1 is 1.10 bits per heavy atom. The van der Waals surface area contributed by atoms with Crippen molar-refractivity contribution in [3.8, 4) is 22.4 Å². The number of nitrogens with two attached hydrogens (primary N) is 1. The molecule has 2 aromatic heterocycles. The van der Waals surface area contributed by atoms with Gasteiger partial charge in [-0.1, -0.05) is 54.1 Å². The van der Waals surface area contributed by atoms with Gasteiger partial charge in [0.05, 0.1) is 24.5 Å². The summed E-state index contributed by atoms with van der Waals surface area (Å²) in [4.78, 5) is 31.9. The average molecular weight is 548 g/mol. The van der Waals surface area contributed by atoms with E-state index in [4.69, 9.17) is 17.3 Å². The largest absolute Gasteiger partial charge is 0.357 e. The Bertz CT molecular complexity index is 1420. The van der Waals surface area contributed by atoms with E-state index in [2.05, 4.69) is 20.5 Å². The van der Waals surface area contributed by atoms with Crippen LogP contribution in [0.1, 0.15) is 34.6 Å². The monoisotopic (exact) mass is 547 g/mol. The zero-order valence-electron chi connectivity index (χ0n) is 22.4. The van der Waals surface area contributed by atoms with E-state index in [-0.39, 0.29) is 24.4 Å². The number of amides is 2. The predicted octanol–water partition coefficient (Wildman–Crippen LogP) is 4.07. The zero-order valence-corrected chi connectivity index (χ0v) is 23.1. The van der Waals surface area contributed by atoms with Crippen LogP contribution in [0.5, 0.6) is 0 Å². The number of carbonyl (C=O) groups is 2. The summed E-state index contributed by atoms with van der Waals surface area (Å²) in [6.45, 7) is 3.76. The van der Waals surface area contributed by atoms with Gasteiger partial charge in [-0.2, -0.15) is 5.10 Å². The fourth-order valence-electron chi connectivity index (χ4n) is 4.31. The summed E-state index contributed by atoms with van der Waals surface area (Å²) in [6, 6.07) is 17.0. The molecule has 0 aliphatic heterocycles. The molecule has 0 saturated heterocycles. The summed E-state index contributed by atoms with van der Waals surface area (Å²) in [5, 5.41) is 10.9. The minimum Gasteiger partial charge on any atom is -0.357 e. The van der Waals surface area contributed by atoms with Gasteiger partial charge in [0.1, 0.15) is 5.69 Å². The molecule has 1 unspecified atom stereocenters. The van der Waals surface area contributed by atoms with Crippen molar-refractivity contribution in [3.63, 3.8) is 0 Å². The number of aromatic nitrogens is 3. The van der Waals surface area contributed by atoms with E-state index in [1.165, 1.54) is 0 Å². The highest BCUT2D eigenvalue weighted by molar-refractivity contribution is 6.31. The van der Waals surface area contributed by atoms with Crippen LogP contribution in [0, 0.1) is 0 Å². The Hall–Kier alpha value is -3.92. The van der Waals surface area contributed by atoms with Crippen molar-refractivity contribution in [2.75, 3.05) is 33.7 Å². The van der Waals surface area contributed by atoms with Gasteiger partial charge >= 0.3 is 0 Å². The highest BCUT2D eigenvalue weighted by Gasteiger charge is 2.19. The lowest BCUT2D eigenvalue weighted by Gasteiger charge is -2.21. The summed E-state index contributed by atoms with van der Waals surface area (Å²) in [6.07, 6.45) is 3.50. The van der Waals surface area contributed by atoms with Crippen molar-refractivity contribution >= 4 is 23.4 Å². The number of hydrogen-bond acceptors (Lipinski definition) is 5. The number of rotatable bonds is 11. The third-order valence-corrected chi connectivity index (χ3v) is 7.06. The molecule has 0 fully saturated rings. The third kappa shape index (κ3) is 6.75. The van der Waals surface area contributed by atoms with Crippen molar-refractivity contribution in [3.05, 3.63) is 88.8 Å². The molecule has 39 heavy (non-hydrogen) atoms. The highest BCUT2D eigenvalue weighted by atomic mass is 35.5. The lowest BCUT2D eigenvalue weighted by atomic mass is 10.0. The molecule has 10 heteroatoms. The maximum atomic E-state index is 12.9. The highest BCUT2D eigenvalue weighted by Crippen LogP contribution is 2.33. The average Bonchev–Trinajstić information content (AvgIpc) is 3.63. The second-order valence-corrected chi connectivity index (χ2v) is 9.93. The Morgan fingerprint density at radius 3 is 2.56 bits per heavy atom. The van der Waals surface area contributed by atoms with Gasteiger partial charge in [-0.05, 0) is 42.8 Å². The van der Waals surface area contributed by atoms with Crippen molar-refractivity contribution in [1.29, 1.82) is 0 Å². The van der Waals surface area contributed by atoms with Gasteiger partial charge in [0, 0.05) is 49.0 Å². The van der Waals surface area contributed by atoms with Gasteiger partial charge in [-0.25, -0.2) is 0 Å². The van der Waals surface area contributed by atoms with Gasteiger partial charge in [0.25, 0.3) is 5.91 Å². The molecule has 4 rings (SSSR count). The lowest BCUT2D eigenvalue weighted by molar-refractivity contribution is -0.130. The number of H-pyrrole nitrogens is 2. The Morgan fingerprint density at radius 2 is 1.87 bits per heavy atom. The summed E-state index contributed by atoms with van der Waals surface area (Å²) in [5.74, 6) is -0.185. The van der Waals surface area contributed by atoms with Crippen molar-refractivity contribution in [2.24, 2.45) is 5.73 Å². The topological polar surface area (TPSA) is 123 Å². The zero-order chi connectivity index (χ0) is 27.9. The molecule has 0 aliphatic carbocycles. The van der Waals surface area contributed by atoms with Crippen LogP contribution in [0.3, 0.4) is 0 Å². The van der Waals surface area contributed by atoms with E-state index in [0.29, 0.717) is 30.4 Å². The first-order chi connectivity index (χ1) is 18.8. The third-order valence-electron chi connectivity index (χ3n) is 6.71. The first kappa shape index (κ1) is 28.1. The maximum absolute atomic E-state index is 12.9. The molecule has 204 valence electrons. The van der Waals surface area contributed by atoms with E-state index >= 15 is 0 Å². The second kappa shape index (κ2) is 12.8. The van der Waals surface area contributed by atoms with Crippen LogP contribution < -0.4 is 11.1 Å². The van der Waals surface area contributed by atoms with Gasteiger partial charge in [0.15, 0.2) is 0 Å². The number of nitrogens with zero attached hydrogens (tertiary/aromatic N) is 3. The Balaban J connectivity index is 1.47. The summed E-state index contributed by atoms with van der Waals surface area (Å²) in [7, 11) is 3.69. The van der Waals surface area contributed by atoms with Gasteiger partial charge in [-0.3, -0.25) is 19.6 Å². The molecule has 0 spiro atoms. The predicted molar refractivity (Wildman–Crippen MR) is 154 cm³/mol. The van der Waals surface area contributed by atoms with Gasteiger partial charge in [0.2, 0.25) is 5.91 Å². The minimum absolute atomic E-state index is 0.0638. The fraction of sp³-hybridized carbons (Fsp3) is 0.276. The Labute approximate surface area is 233 Å². The number of nitrogens with one attached hydrogen (secondary N) is 3. The molecular weight excluding hydrogens is 514 g/mol. The molecule has 2 heterocycles. The number of halogens is 1. The van der Waals surface area contributed by atoms with Gasteiger partial charge in [-0.15, -0.1) is 0 Å². The summed E-state index contributed by atoms with van der Waals surface area (Å²) >= 11 is 6.65. The molecule has 4 aromatic rings. The molecule has 0 bridgehead atoms. The maximum Gasteiger partial charge on any atom is 0.268 e. The van der Waals surface area contributed by atoms with Crippen LogP contribution in [0.4, 0.5) is 0 Å².